The van der Waals surface area contributed by atoms with Crippen molar-refractivity contribution in [2.75, 3.05) is 0 Å². The van der Waals surface area contributed by atoms with Gasteiger partial charge in [0.15, 0.2) is 0 Å². The van der Waals surface area contributed by atoms with Crippen molar-refractivity contribution >= 4 is 23.2 Å². The monoisotopic (exact) mass is 242 g/mol. The van der Waals surface area contributed by atoms with E-state index in [0.717, 1.165) is 0 Å². The van der Waals surface area contributed by atoms with Crippen LogP contribution in [-0.4, -0.2) is 14.9 Å². The van der Waals surface area contributed by atoms with E-state index in [0.29, 0.717) is 21.4 Å². The van der Waals surface area contributed by atoms with Crippen LogP contribution in [0.2, 0.25) is 10.0 Å². The first-order valence-corrected chi connectivity index (χ1v) is 5.04. The van der Waals surface area contributed by atoms with Gasteiger partial charge in [0, 0.05) is 11.1 Å². The molecule has 1 heterocycles. The highest BCUT2D eigenvalue weighted by Crippen LogP contribution is 2.27. The molecule has 0 radical (unpaired) electrons. The molecule has 0 spiro atoms. The summed E-state index contributed by atoms with van der Waals surface area (Å²) >= 11 is 11.8. The van der Waals surface area contributed by atoms with E-state index >= 15 is 0 Å². The van der Waals surface area contributed by atoms with Gasteiger partial charge in [0.2, 0.25) is 5.88 Å². The Balaban J connectivity index is 2.62. The SMILES string of the molecule is Cc1cc(O)n(-c2cc(Cl)ccc2Cl)n1. The molecule has 0 aliphatic carbocycles. The summed E-state index contributed by atoms with van der Waals surface area (Å²) in [6, 6.07) is 6.55. The molecule has 2 rings (SSSR count). The quantitative estimate of drug-likeness (QED) is 0.835. The second-order valence-corrected chi connectivity index (χ2v) is 4.00. The number of aromatic nitrogens is 2. The van der Waals surface area contributed by atoms with Crippen molar-refractivity contribution in [2.45, 2.75) is 6.92 Å². The largest absolute Gasteiger partial charge is 0.493 e. The van der Waals surface area contributed by atoms with Gasteiger partial charge >= 0.3 is 0 Å². The summed E-state index contributed by atoms with van der Waals surface area (Å²) in [4.78, 5) is 0. The van der Waals surface area contributed by atoms with Crippen molar-refractivity contribution in [3.63, 3.8) is 0 Å². The maximum Gasteiger partial charge on any atom is 0.214 e. The number of aryl methyl sites for hydroxylation is 1. The molecule has 5 heteroatoms. The Morgan fingerprint density at radius 3 is 2.60 bits per heavy atom. The lowest BCUT2D eigenvalue weighted by Crippen LogP contribution is -1.97. The number of aromatic hydroxyl groups is 1. The second-order valence-electron chi connectivity index (χ2n) is 3.15. The van der Waals surface area contributed by atoms with Crippen LogP contribution in [0, 0.1) is 6.92 Å². The third-order valence-electron chi connectivity index (χ3n) is 1.95. The average molecular weight is 243 g/mol. The number of benzene rings is 1. The van der Waals surface area contributed by atoms with E-state index in [9.17, 15) is 5.11 Å². The molecule has 1 N–H and O–H groups in total. The maximum absolute atomic E-state index is 9.60. The highest BCUT2D eigenvalue weighted by Gasteiger charge is 2.09. The summed E-state index contributed by atoms with van der Waals surface area (Å²) in [7, 11) is 0. The van der Waals surface area contributed by atoms with E-state index in [1.165, 1.54) is 4.68 Å². The minimum absolute atomic E-state index is 0.0386. The molecule has 0 fully saturated rings. The fraction of sp³-hybridized carbons (Fsp3) is 0.100. The zero-order valence-electron chi connectivity index (χ0n) is 7.91. The first kappa shape index (κ1) is 10.3. The molecule has 0 bridgehead atoms. The van der Waals surface area contributed by atoms with Crippen molar-refractivity contribution in [2.24, 2.45) is 0 Å². The summed E-state index contributed by atoms with van der Waals surface area (Å²) in [6.45, 7) is 1.79. The Bertz CT molecular complexity index is 508. The van der Waals surface area contributed by atoms with Crippen LogP contribution >= 0.6 is 23.2 Å². The van der Waals surface area contributed by atoms with Crippen LogP contribution in [-0.2, 0) is 0 Å². The standard InChI is InChI=1S/C10H8Cl2N2O/c1-6-4-10(15)14(13-6)9-5-7(11)2-3-8(9)12/h2-5,15H,1H3. The molecule has 15 heavy (non-hydrogen) atoms. The van der Waals surface area contributed by atoms with Gasteiger partial charge < -0.3 is 5.11 Å². The Morgan fingerprint density at radius 2 is 2.00 bits per heavy atom. The number of hydrogen-bond donors (Lipinski definition) is 1. The molecule has 0 unspecified atom stereocenters. The van der Waals surface area contributed by atoms with Gasteiger partial charge in [0.1, 0.15) is 0 Å². The lowest BCUT2D eigenvalue weighted by atomic mass is 10.3. The van der Waals surface area contributed by atoms with Crippen molar-refractivity contribution in [1.82, 2.24) is 9.78 Å². The van der Waals surface area contributed by atoms with E-state index in [2.05, 4.69) is 5.10 Å². The average Bonchev–Trinajstić information content (AvgIpc) is 2.50. The molecule has 2 aromatic rings. The van der Waals surface area contributed by atoms with Crippen LogP contribution in [0.1, 0.15) is 5.69 Å². The van der Waals surface area contributed by atoms with Crippen LogP contribution in [0.15, 0.2) is 24.3 Å². The topological polar surface area (TPSA) is 38.0 Å². The van der Waals surface area contributed by atoms with Crippen molar-refractivity contribution < 1.29 is 5.11 Å². The van der Waals surface area contributed by atoms with Crippen LogP contribution in [0.3, 0.4) is 0 Å². The lowest BCUT2D eigenvalue weighted by Gasteiger charge is -2.05. The van der Waals surface area contributed by atoms with Gasteiger partial charge in [-0.1, -0.05) is 23.2 Å². The zero-order valence-corrected chi connectivity index (χ0v) is 9.42. The molecule has 0 saturated heterocycles. The minimum Gasteiger partial charge on any atom is -0.493 e. The van der Waals surface area contributed by atoms with Crippen LogP contribution < -0.4 is 0 Å². The van der Waals surface area contributed by atoms with Gasteiger partial charge in [-0.3, -0.25) is 0 Å². The molecule has 3 nitrogen and oxygen atoms in total. The van der Waals surface area contributed by atoms with Gasteiger partial charge in [-0.15, -0.1) is 0 Å². The smallest absolute Gasteiger partial charge is 0.214 e. The summed E-state index contributed by atoms with van der Waals surface area (Å²) in [5.41, 5.74) is 1.28. The molecule has 0 aliphatic rings. The fourth-order valence-corrected chi connectivity index (χ4v) is 1.68. The van der Waals surface area contributed by atoms with Crippen molar-refractivity contribution in [1.29, 1.82) is 0 Å². The van der Waals surface area contributed by atoms with Crippen LogP contribution in [0.4, 0.5) is 0 Å². The normalized spacial score (nSPS) is 10.6. The van der Waals surface area contributed by atoms with E-state index in [1.54, 1.807) is 31.2 Å². The van der Waals surface area contributed by atoms with Crippen LogP contribution in [0.5, 0.6) is 5.88 Å². The number of nitrogens with zero attached hydrogens (tertiary/aromatic N) is 2. The molecule has 0 atom stereocenters. The summed E-state index contributed by atoms with van der Waals surface area (Å²) in [5, 5.41) is 14.7. The molecule has 0 amide bonds. The Kier molecular flexibility index (Phi) is 2.59. The van der Waals surface area contributed by atoms with E-state index in [1.807, 2.05) is 0 Å². The summed E-state index contributed by atoms with van der Waals surface area (Å²) < 4.78 is 1.35. The lowest BCUT2D eigenvalue weighted by molar-refractivity contribution is 0.433. The summed E-state index contributed by atoms with van der Waals surface area (Å²) in [5.74, 6) is 0.0386. The molecule has 0 saturated carbocycles. The zero-order chi connectivity index (χ0) is 11.0. The van der Waals surface area contributed by atoms with E-state index in [4.69, 9.17) is 23.2 Å². The molecule has 1 aromatic carbocycles. The first-order chi connectivity index (χ1) is 7.08. The highest BCUT2D eigenvalue weighted by atomic mass is 35.5. The number of rotatable bonds is 1. The molecule has 0 aliphatic heterocycles. The minimum atomic E-state index is 0.0386. The maximum atomic E-state index is 9.60. The third-order valence-corrected chi connectivity index (χ3v) is 2.50. The Labute approximate surface area is 96.9 Å². The molecule has 78 valence electrons. The molecular formula is C10H8Cl2N2O. The van der Waals surface area contributed by atoms with E-state index < -0.39 is 0 Å². The van der Waals surface area contributed by atoms with Gasteiger partial charge in [0.05, 0.1) is 16.4 Å². The van der Waals surface area contributed by atoms with Crippen molar-refractivity contribution in [3.8, 4) is 11.6 Å². The fourth-order valence-electron chi connectivity index (χ4n) is 1.31. The predicted octanol–water partition coefficient (Wildman–Crippen LogP) is 3.19. The second kappa shape index (κ2) is 3.76. The van der Waals surface area contributed by atoms with Gasteiger partial charge in [-0.2, -0.15) is 9.78 Å². The van der Waals surface area contributed by atoms with Gasteiger partial charge in [-0.05, 0) is 25.1 Å². The predicted molar refractivity (Wildman–Crippen MR) is 60.0 cm³/mol. The number of halogens is 2. The van der Waals surface area contributed by atoms with Crippen LogP contribution in [0.25, 0.3) is 5.69 Å². The number of hydrogen-bond acceptors (Lipinski definition) is 2. The van der Waals surface area contributed by atoms with Gasteiger partial charge in [-0.25, -0.2) is 0 Å². The molecular weight excluding hydrogens is 235 g/mol. The third kappa shape index (κ3) is 1.94. The molecule has 1 aromatic heterocycles. The highest BCUT2D eigenvalue weighted by molar-refractivity contribution is 6.34. The van der Waals surface area contributed by atoms with E-state index in [-0.39, 0.29) is 5.88 Å². The van der Waals surface area contributed by atoms with Gasteiger partial charge in [0.25, 0.3) is 0 Å². The Hall–Kier alpha value is -1.19. The van der Waals surface area contributed by atoms with Crippen molar-refractivity contribution in [3.05, 3.63) is 40.0 Å². The Morgan fingerprint density at radius 1 is 1.27 bits per heavy atom. The summed E-state index contributed by atoms with van der Waals surface area (Å²) in [6.07, 6.45) is 0. The first-order valence-electron chi connectivity index (χ1n) is 4.29.